The first-order chi connectivity index (χ1) is 17.4. The van der Waals surface area contributed by atoms with E-state index < -0.39 is 17.2 Å². The summed E-state index contributed by atoms with van der Waals surface area (Å²) in [6.45, 7) is 1.56. The first-order valence-electron chi connectivity index (χ1n) is 11.3. The van der Waals surface area contributed by atoms with Gasteiger partial charge < -0.3 is 10.3 Å². The number of carbonyl (C=O) groups excluding carboxylic acids is 1. The van der Waals surface area contributed by atoms with Crippen molar-refractivity contribution in [3.63, 3.8) is 0 Å². The lowest BCUT2D eigenvalue weighted by atomic mass is 10.1. The molecule has 182 valence electrons. The normalized spacial score (nSPS) is 13.9. The summed E-state index contributed by atoms with van der Waals surface area (Å²) in [6, 6.07) is 6.68. The summed E-state index contributed by atoms with van der Waals surface area (Å²) >= 11 is 0. The van der Waals surface area contributed by atoms with Crippen LogP contribution in [0.15, 0.2) is 47.7 Å². The van der Waals surface area contributed by atoms with E-state index in [0.29, 0.717) is 37.3 Å². The average Bonchev–Trinajstić information content (AvgIpc) is 3.50. The van der Waals surface area contributed by atoms with Gasteiger partial charge in [0.2, 0.25) is 0 Å². The van der Waals surface area contributed by atoms with Crippen LogP contribution >= 0.6 is 0 Å². The second kappa shape index (κ2) is 8.34. The summed E-state index contributed by atoms with van der Waals surface area (Å²) in [5, 5.41) is 11.1. The molecule has 10 nitrogen and oxygen atoms in total. The number of pyridine rings is 1. The molecule has 5 heterocycles. The summed E-state index contributed by atoms with van der Waals surface area (Å²) < 4.78 is 32.1. The van der Waals surface area contributed by atoms with Crippen molar-refractivity contribution >= 4 is 22.5 Å². The van der Waals surface area contributed by atoms with Gasteiger partial charge in [-0.15, -0.1) is 0 Å². The summed E-state index contributed by atoms with van der Waals surface area (Å²) in [5.41, 5.74) is 2.73. The van der Waals surface area contributed by atoms with Crippen LogP contribution in [-0.4, -0.2) is 53.8 Å². The van der Waals surface area contributed by atoms with Crippen LogP contribution < -0.4 is 10.9 Å². The molecule has 0 atom stereocenters. The minimum atomic E-state index is -0.759. The minimum absolute atomic E-state index is 0.00804. The number of rotatable bonds is 4. The van der Waals surface area contributed by atoms with E-state index in [1.165, 1.54) is 0 Å². The zero-order valence-electron chi connectivity index (χ0n) is 19.1. The minimum Gasteiger partial charge on any atom is -0.354 e. The Morgan fingerprint density at radius 2 is 2.06 bits per heavy atom. The molecule has 12 heteroatoms. The maximum atomic E-state index is 15.4. The van der Waals surface area contributed by atoms with Crippen LogP contribution in [0.25, 0.3) is 22.2 Å². The van der Waals surface area contributed by atoms with Gasteiger partial charge in [0.15, 0.2) is 17.2 Å². The molecule has 0 spiro atoms. The molecule has 1 aliphatic heterocycles. The second-order valence-electron chi connectivity index (χ2n) is 8.63. The van der Waals surface area contributed by atoms with Crippen LogP contribution in [0.1, 0.15) is 27.3 Å². The SMILES string of the molecule is CNC(=O)c1ccc(-n2cc3c(n2)CCN(Cc2ccc4c([nH]c(=O)c5c(F)cnn54)c2F)C3)cn1. The summed E-state index contributed by atoms with van der Waals surface area (Å²) in [5.74, 6) is -1.58. The van der Waals surface area contributed by atoms with Crippen molar-refractivity contribution in [2.24, 2.45) is 0 Å². The molecule has 6 rings (SSSR count). The van der Waals surface area contributed by atoms with Crippen LogP contribution in [0, 0.1) is 11.6 Å². The van der Waals surface area contributed by atoms with Gasteiger partial charge in [-0.3, -0.25) is 14.5 Å². The van der Waals surface area contributed by atoms with Crippen molar-refractivity contribution in [1.29, 1.82) is 0 Å². The monoisotopic (exact) mass is 490 g/mol. The van der Waals surface area contributed by atoms with Gasteiger partial charge in [0, 0.05) is 50.4 Å². The molecule has 0 bridgehead atoms. The Labute approximate surface area is 202 Å². The Morgan fingerprint density at radius 1 is 1.19 bits per heavy atom. The molecule has 1 amide bonds. The third-order valence-corrected chi connectivity index (χ3v) is 6.41. The van der Waals surface area contributed by atoms with E-state index in [0.717, 1.165) is 27.7 Å². The molecule has 0 aliphatic carbocycles. The number of nitrogens with zero attached hydrogens (tertiary/aromatic N) is 6. The molecular weight excluding hydrogens is 470 g/mol. The van der Waals surface area contributed by atoms with Gasteiger partial charge in [0.25, 0.3) is 11.5 Å². The van der Waals surface area contributed by atoms with Crippen LogP contribution in [0.4, 0.5) is 8.78 Å². The summed E-state index contributed by atoms with van der Waals surface area (Å²) in [6.07, 6.45) is 5.13. The van der Waals surface area contributed by atoms with Gasteiger partial charge in [0.05, 0.1) is 29.3 Å². The van der Waals surface area contributed by atoms with E-state index in [1.807, 2.05) is 6.20 Å². The Kier molecular flexibility index (Phi) is 5.11. The van der Waals surface area contributed by atoms with Gasteiger partial charge in [0.1, 0.15) is 11.2 Å². The zero-order chi connectivity index (χ0) is 25.0. The number of fused-ring (bicyclic) bond motifs is 4. The number of aromatic amines is 1. The number of hydrogen-bond donors (Lipinski definition) is 2. The van der Waals surface area contributed by atoms with Crippen LogP contribution in [0.5, 0.6) is 0 Å². The molecule has 0 saturated carbocycles. The fraction of sp³-hybridized carbons (Fsp3) is 0.208. The molecule has 0 unspecified atom stereocenters. The summed E-state index contributed by atoms with van der Waals surface area (Å²) in [4.78, 5) is 32.7. The van der Waals surface area contributed by atoms with E-state index in [4.69, 9.17) is 0 Å². The number of amides is 1. The summed E-state index contributed by atoms with van der Waals surface area (Å²) in [7, 11) is 1.55. The van der Waals surface area contributed by atoms with Crippen molar-refractivity contribution in [2.75, 3.05) is 13.6 Å². The highest BCUT2D eigenvalue weighted by Gasteiger charge is 2.23. The Bertz CT molecular complexity index is 1700. The van der Waals surface area contributed by atoms with Gasteiger partial charge >= 0.3 is 0 Å². The molecule has 0 radical (unpaired) electrons. The first kappa shape index (κ1) is 22.0. The van der Waals surface area contributed by atoms with Crippen molar-refractivity contribution in [3.8, 4) is 5.69 Å². The van der Waals surface area contributed by atoms with E-state index in [9.17, 15) is 14.0 Å². The molecule has 1 aliphatic rings. The topological polar surface area (TPSA) is 113 Å². The van der Waals surface area contributed by atoms with Crippen molar-refractivity contribution < 1.29 is 13.6 Å². The lowest BCUT2D eigenvalue weighted by Crippen LogP contribution is -2.30. The Hall–Kier alpha value is -4.45. The number of H-pyrrole nitrogens is 1. The Balaban J connectivity index is 1.25. The van der Waals surface area contributed by atoms with Gasteiger partial charge in [-0.25, -0.2) is 23.0 Å². The van der Waals surface area contributed by atoms with Crippen molar-refractivity contribution in [3.05, 3.63) is 87.4 Å². The number of halogens is 2. The number of aromatic nitrogens is 6. The fourth-order valence-electron chi connectivity index (χ4n) is 4.58. The number of benzene rings is 1. The van der Waals surface area contributed by atoms with Crippen LogP contribution in [0.3, 0.4) is 0 Å². The van der Waals surface area contributed by atoms with Crippen LogP contribution in [0.2, 0.25) is 0 Å². The fourth-order valence-corrected chi connectivity index (χ4v) is 4.58. The van der Waals surface area contributed by atoms with Crippen molar-refractivity contribution in [1.82, 2.24) is 39.6 Å². The molecule has 2 N–H and O–H groups in total. The number of nitrogens with one attached hydrogen (secondary N) is 2. The van der Waals surface area contributed by atoms with Crippen LogP contribution in [-0.2, 0) is 19.5 Å². The lowest BCUT2D eigenvalue weighted by Gasteiger charge is -2.26. The predicted octanol–water partition coefficient (Wildman–Crippen LogP) is 1.95. The maximum absolute atomic E-state index is 15.4. The standard InChI is InChI=1S/C24H20F2N8O2/c1-27-23(35)18-4-3-15(8-28-18)33-12-14-11-32(7-6-17(14)31-33)10-13-2-5-19-21(20(13)26)30-24(36)22-16(25)9-29-34(19)22/h2-5,8-9,12H,6-7,10-11H2,1H3,(H,27,35)(H,30,36). The lowest BCUT2D eigenvalue weighted by molar-refractivity contribution is 0.0958. The van der Waals surface area contributed by atoms with E-state index in [2.05, 4.69) is 30.4 Å². The molecule has 0 fully saturated rings. The zero-order valence-corrected chi connectivity index (χ0v) is 19.1. The van der Waals surface area contributed by atoms with Gasteiger partial charge in [-0.05, 0) is 18.2 Å². The average molecular weight is 490 g/mol. The van der Waals surface area contributed by atoms with Gasteiger partial charge in [-0.1, -0.05) is 6.07 Å². The highest BCUT2D eigenvalue weighted by Crippen LogP contribution is 2.25. The van der Waals surface area contributed by atoms with Crippen molar-refractivity contribution in [2.45, 2.75) is 19.5 Å². The molecule has 5 aromatic rings. The van der Waals surface area contributed by atoms with E-state index in [1.54, 1.807) is 42.2 Å². The number of hydrogen-bond acceptors (Lipinski definition) is 6. The second-order valence-corrected chi connectivity index (χ2v) is 8.63. The molecule has 1 aromatic carbocycles. The Morgan fingerprint density at radius 3 is 2.83 bits per heavy atom. The third kappa shape index (κ3) is 3.53. The highest BCUT2D eigenvalue weighted by molar-refractivity contribution is 5.92. The van der Waals surface area contributed by atoms with E-state index >= 15 is 4.39 Å². The highest BCUT2D eigenvalue weighted by atomic mass is 19.1. The largest absolute Gasteiger partial charge is 0.354 e. The molecule has 0 saturated heterocycles. The van der Waals surface area contributed by atoms with Gasteiger partial charge in [-0.2, -0.15) is 10.2 Å². The third-order valence-electron chi connectivity index (χ3n) is 6.41. The molecule has 36 heavy (non-hydrogen) atoms. The predicted molar refractivity (Wildman–Crippen MR) is 126 cm³/mol. The quantitative estimate of drug-likeness (QED) is 0.398. The molecular formula is C24H20F2N8O2. The van der Waals surface area contributed by atoms with E-state index in [-0.39, 0.29) is 22.5 Å². The number of carbonyl (C=O) groups is 1. The first-order valence-corrected chi connectivity index (χ1v) is 11.3. The smallest absolute Gasteiger partial charge is 0.277 e. The molecule has 4 aromatic heterocycles. The maximum Gasteiger partial charge on any atom is 0.277 e.